The minimum absolute atomic E-state index is 0.124. The van der Waals surface area contributed by atoms with Gasteiger partial charge in [0.05, 0.1) is 20.3 Å². The number of hydrogen-bond acceptors (Lipinski definition) is 5. The van der Waals surface area contributed by atoms with Gasteiger partial charge >= 0.3 is 0 Å². The Kier molecular flexibility index (Phi) is 6.44. The zero-order chi connectivity index (χ0) is 21.8. The molecule has 0 aliphatic carbocycles. The van der Waals surface area contributed by atoms with Crippen LogP contribution < -0.4 is 14.2 Å². The van der Waals surface area contributed by atoms with E-state index in [1.54, 1.807) is 7.11 Å². The lowest BCUT2D eigenvalue weighted by Gasteiger charge is -2.17. The van der Waals surface area contributed by atoms with Crippen LogP contribution in [0.4, 0.5) is 0 Å². The van der Waals surface area contributed by atoms with E-state index in [1.807, 2.05) is 18.2 Å². The number of aryl methyl sites for hydroxylation is 1. The summed E-state index contributed by atoms with van der Waals surface area (Å²) in [4.78, 5) is 24.7. The van der Waals surface area contributed by atoms with Gasteiger partial charge in [-0.1, -0.05) is 25.1 Å². The van der Waals surface area contributed by atoms with Gasteiger partial charge in [0.1, 0.15) is 12.4 Å². The van der Waals surface area contributed by atoms with Crippen molar-refractivity contribution in [2.24, 2.45) is 0 Å². The Morgan fingerprint density at radius 3 is 2.61 bits per heavy atom. The summed E-state index contributed by atoms with van der Waals surface area (Å²) >= 11 is 0. The lowest BCUT2D eigenvalue weighted by atomic mass is 9.92. The molecule has 0 spiro atoms. The zero-order valence-electron chi connectivity index (χ0n) is 18.2. The fourth-order valence-electron chi connectivity index (χ4n) is 4.17. The van der Waals surface area contributed by atoms with Gasteiger partial charge in [0, 0.05) is 19.3 Å². The number of carbonyl (C=O) groups excluding carboxylic acids is 2. The van der Waals surface area contributed by atoms with Gasteiger partial charge in [-0.25, -0.2) is 0 Å². The maximum atomic E-state index is 11.7. The third-order valence-corrected chi connectivity index (χ3v) is 6.10. The van der Waals surface area contributed by atoms with E-state index < -0.39 is 0 Å². The van der Waals surface area contributed by atoms with Crippen molar-refractivity contribution in [1.82, 2.24) is 4.90 Å². The molecule has 31 heavy (non-hydrogen) atoms. The molecule has 164 valence electrons. The first kappa shape index (κ1) is 21.2. The van der Waals surface area contributed by atoms with Crippen molar-refractivity contribution >= 4 is 11.8 Å². The van der Waals surface area contributed by atoms with Crippen molar-refractivity contribution in [2.75, 3.05) is 26.9 Å². The summed E-state index contributed by atoms with van der Waals surface area (Å²) in [5, 5.41) is 0. The molecule has 0 bridgehead atoms. The summed E-state index contributed by atoms with van der Waals surface area (Å²) in [5.41, 5.74) is 3.84. The molecule has 1 fully saturated rings. The Balaban J connectivity index is 1.32. The monoisotopic (exact) mass is 423 g/mol. The Bertz CT molecular complexity index is 954. The molecular formula is C25H29NO5. The zero-order valence-corrected chi connectivity index (χ0v) is 18.2. The van der Waals surface area contributed by atoms with Crippen LogP contribution in [0.3, 0.4) is 0 Å². The summed E-state index contributed by atoms with van der Waals surface area (Å²) < 4.78 is 16.9. The second-order valence-electron chi connectivity index (χ2n) is 8.18. The molecule has 2 amide bonds. The Morgan fingerprint density at radius 1 is 1.03 bits per heavy atom. The minimum atomic E-state index is -0.124. The maximum Gasteiger partial charge on any atom is 0.229 e. The molecule has 2 aliphatic rings. The average molecular weight is 424 g/mol. The van der Waals surface area contributed by atoms with E-state index in [4.69, 9.17) is 14.2 Å². The molecule has 0 aromatic heterocycles. The van der Waals surface area contributed by atoms with Gasteiger partial charge in [-0.05, 0) is 53.6 Å². The maximum absolute atomic E-state index is 11.7. The lowest BCUT2D eigenvalue weighted by Crippen LogP contribution is -2.33. The SMILES string of the molecule is COc1cc(CCC(C)c2ccc3c(c2)CCO3)ccc1OCCN1C(=O)CCC1=O. The van der Waals surface area contributed by atoms with E-state index in [-0.39, 0.29) is 25.0 Å². The molecule has 2 aromatic rings. The van der Waals surface area contributed by atoms with E-state index in [1.165, 1.54) is 21.6 Å². The molecule has 6 nitrogen and oxygen atoms in total. The highest BCUT2D eigenvalue weighted by Gasteiger charge is 2.28. The quantitative estimate of drug-likeness (QED) is 0.573. The van der Waals surface area contributed by atoms with E-state index in [2.05, 4.69) is 25.1 Å². The van der Waals surface area contributed by atoms with Crippen LogP contribution in [0.1, 0.15) is 48.8 Å². The molecular weight excluding hydrogens is 394 g/mol. The molecule has 1 unspecified atom stereocenters. The number of benzene rings is 2. The van der Waals surface area contributed by atoms with E-state index >= 15 is 0 Å². The van der Waals surface area contributed by atoms with Gasteiger partial charge in [0.25, 0.3) is 0 Å². The van der Waals surface area contributed by atoms with Crippen molar-refractivity contribution in [3.05, 3.63) is 53.1 Å². The van der Waals surface area contributed by atoms with Crippen molar-refractivity contribution in [1.29, 1.82) is 0 Å². The predicted molar refractivity (Wildman–Crippen MR) is 117 cm³/mol. The average Bonchev–Trinajstić information content (AvgIpc) is 3.38. The first-order valence-electron chi connectivity index (χ1n) is 10.9. The fraction of sp³-hybridized carbons (Fsp3) is 0.440. The highest BCUT2D eigenvalue weighted by molar-refractivity contribution is 6.01. The molecule has 0 radical (unpaired) electrons. The Morgan fingerprint density at radius 2 is 1.84 bits per heavy atom. The second kappa shape index (κ2) is 9.41. The molecule has 0 saturated carbocycles. The van der Waals surface area contributed by atoms with Crippen LogP contribution in [0.15, 0.2) is 36.4 Å². The van der Waals surface area contributed by atoms with Crippen LogP contribution in [0, 0.1) is 0 Å². The molecule has 4 rings (SSSR count). The number of ether oxygens (including phenoxy) is 3. The van der Waals surface area contributed by atoms with Gasteiger partial charge < -0.3 is 14.2 Å². The summed E-state index contributed by atoms with van der Waals surface area (Å²) in [6.45, 7) is 3.57. The second-order valence-corrected chi connectivity index (χ2v) is 8.18. The molecule has 1 saturated heterocycles. The van der Waals surface area contributed by atoms with Crippen LogP contribution >= 0.6 is 0 Å². The summed E-state index contributed by atoms with van der Waals surface area (Å²) in [6, 6.07) is 12.5. The van der Waals surface area contributed by atoms with Gasteiger partial charge in [0.15, 0.2) is 11.5 Å². The van der Waals surface area contributed by atoms with Crippen molar-refractivity contribution in [3.63, 3.8) is 0 Å². The summed E-state index contributed by atoms with van der Waals surface area (Å²) in [6.07, 6.45) is 3.56. The summed E-state index contributed by atoms with van der Waals surface area (Å²) in [5.74, 6) is 2.51. The number of nitrogens with zero attached hydrogens (tertiary/aromatic N) is 1. The number of amides is 2. The first-order valence-corrected chi connectivity index (χ1v) is 10.9. The molecule has 2 aliphatic heterocycles. The van der Waals surface area contributed by atoms with Gasteiger partial charge in [-0.3, -0.25) is 14.5 Å². The van der Waals surface area contributed by atoms with E-state index in [0.29, 0.717) is 30.3 Å². The number of likely N-dealkylation sites (tertiary alicyclic amines) is 1. The number of methoxy groups -OCH3 is 1. The smallest absolute Gasteiger partial charge is 0.229 e. The predicted octanol–water partition coefficient (Wildman–Crippen LogP) is 3.89. The van der Waals surface area contributed by atoms with Gasteiger partial charge in [-0.2, -0.15) is 0 Å². The largest absolute Gasteiger partial charge is 0.493 e. The number of rotatable bonds is 9. The Hall–Kier alpha value is -3.02. The fourth-order valence-corrected chi connectivity index (χ4v) is 4.17. The van der Waals surface area contributed by atoms with Gasteiger partial charge in [0.2, 0.25) is 11.8 Å². The standard InChI is InChI=1S/C25H29NO5/c1-17(19-6-8-21-20(16-19)11-13-30-21)3-4-18-5-7-22(23(15-18)29-2)31-14-12-26-24(27)9-10-25(26)28/h5-8,15-17H,3-4,9-14H2,1-2H3. The Labute approximate surface area is 183 Å². The molecule has 1 atom stereocenters. The van der Waals surface area contributed by atoms with E-state index in [9.17, 15) is 9.59 Å². The van der Waals surface area contributed by atoms with Crippen LogP contribution in [0.25, 0.3) is 0 Å². The first-order chi connectivity index (χ1) is 15.0. The highest BCUT2D eigenvalue weighted by atomic mass is 16.5. The summed E-state index contributed by atoms with van der Waals surface area (Å²) in [7, 11) is 1.62. The topological polar surface area (TPSA) is 65.1 Å². The lowest BCUT2D eigenvalue weighted by molar-refractivity contribution is -0.138. The van der Waals surface area contributed by atoms with Crippen molar-refractivity contribution < 1.29 is 23.8 Å². The number of fused-ring (bicyclic) bond motifs is 1. The minimum Gasteiger partial charge on any atom is -0.493 e. The third-order valence-electron chi connectivity index (χ3n) is 6.10. The number of carbonyl (C=O) groups is 2. The number of hydrogen-bond donors (Lipinski definition) is 0. The van der Waals surface area contributed by atoms with Gasteiger partial charge in [-0.15, -0.1) is 0 Å². The molecule has 2 heterocycles. The van der Waals surface area contributed by atoms with Crippen molar-refractivity contribution in [2.45, 2.75) is 44.9 Å². The highest BCUT2D eigenvalue weighted by Crippen LogP contribution is 2.32. The van der Waals surface area contributed by atoms with Crippen LogP contribution in [0.2, 0.25) is 0 Å². The van der Waals surface area contributed by atoms with E-state index in [0.717, 1.165) is 31.6 Å². The number of imide groups is 1. The van der Waals surface area contributed by atoms with Crippen LogP contribution in [-0.4, -0.2) is 43.6 Å². The molecule has 2 aromatic carbocycles. The van der Waals surface area contributed by atoms with Crippen LogP contribution in [-0.2, 0) is 22.4 Å². The van der Waals surface area contributed by atoms with Crippen molar-refractivity contribution in [3.8, 4) is 17.2 Å². The normalized spacial score (nSPS) is 16.3. The molecule has 0 N–H and O–H groups in total. The van der Waals surface area contributed by atoms with Crippen LogP contribution in [0.5, 0.6) is 17.2 Å². The third kappa shape index (κ3) is 4.84. The molecule has 6 heteroatoms.